The van der Waals surface area contributed by atoms with Gasteiger partial charge in [-0.3, -0.25) is 0 Å². The smallest absolute Gasteiger partial charge is 0.0407 e. The third-order valence-electron chi connectivity index (χ3n) is 3.17. The highest BCUT2D eigenvalue weighted by atomic mass is 35.5. The number of benzene rings is 1. The van der Waals surface area contributed by atoms with E-state index >= 15 is 0 Å². The molecule has 1 unspecified atom stereocenters. The van der Waals surface area contributed by atoms with Crippen LogP contribution in [0.1, 0.15) is 19.3 Å². The minimum atomic E-state index is 0.634. The zero-order valence-electron chi connectivity index (χ0n) is 9.75. The molecule has 3 heteroatoms. The van der Waals surface area contributed by atoms with Gasteiger partial charge in [0.2, 0.25) is 0 Å². The van der Waals surface area contributed by atoms with Crippen LogP contribution in [0.25, 0.3) is 0 Å². The molecular formula is C13H19ClN2. The van der Waals surface area contributed by atoms with Crippen LogP contribution in [0.2, 0.25) is 5.02 Å². The Morgan fingerprint density at radius 3 is 2.69 bits per heavy atom. The van der Waals surface area contributed by atoms with Gasteiger partial charge in [0, 0.05) is 30.3 Å². The minimum absolute atomic E-state index is 0.634. The van der Waals surface area contributed by atoms with Gasteiger partial charge in [0.05, 0.1) is 0 Å². The summed E-state index contributed by atoms with van der Waals surface area (Å²) in [5, 5.41) is 4.36. The number of rotatable bonds is 3. The van der Waals surface area contributed by atoms with Crippen molar-refractivity contribution in [3.8, 4) is 0 Å². The van der Waals surface area contributed by atoms with Gasteiger partial charge in [0.1, 0.15) is 0 Å². The van der Waals surface area contributed by atoms with Gasteiger partial charge in [0.25, 0.3) is 0 Å². The first-order valence-corrected chi connectivity index (χ1v) is 6.33. The Balaban J connectivity index is 1.91. The molecular weight excluding hydrogens is 220 g/mol. The number of nitrogens with zero attached hydrogens (tertiary/aromatic N) is 1. The van der Waals surface area contributed by atoms with Crippen LogP contribution in [-0.2, 0) is 0 Å². The first-order chi connectivity index (χ1) is 7.75. The molecule has 16 heavy (non-hydrogen) atoms. The maximum atomic E-state index is 5.88. The van der Waals surface area contributed by atoms with Crippen LogP contribution in [0.3, 0.4) is 0 Å². The molecule has 88 valence electrons. The van der Waals surface area contributed by atoms with Crippen LogP contribution in [-0.4, -0.2) is 26.2 Å². The van der Waals surface area contributed by atoms with Gasteiger partial charge in [-0.15, -0.1) is 0 Å². The molecule has 1 aliphatic heterocycles. The van der Waals surface area contributed by atoms with Crippen LogP contribution in [0.5, 0.6) is 0 Å². The van der Waals surface area contributed by atoms with E-state index in [-0.39, 0.29) is 0 Å². The molecule has 1 N–H and O–H groups in total. The second-order valence-corrected chi connectivity index (χ2v) is 4.94. The van der Waals surface area contributed by atoms with Crippen LogP contribution >= 0.6 is 11.6 Å². The van der Waals surface area contributed by atoms with Crippen molar-refractivity contribution in [2.75, 3.05) is 25.0 Å². The summed E-state index contributed by atoms with van der Waals surface area (Å²) in [4.78, 5) is 2.29. The highest BCUT2D eigenvalue weighted by Gasteiger charge is 2.14. The number of hydrogen-bond acceptors (Lipinski definition) is 2. The van der Waals surface area contributed by atoms with E-state index in [9.17, 15) is 0 Å². The van der Waals surface area contributed by atoms with E-state index in [2.05, 4.69) is 29.4 Å². The quantitative estimate of drug-likeness (QED) is 0.871. The van der Waals surface area contributed by atoms with Crippen molar-refractivity contribution in [1.29, 1.82) is 0 Å². The van der Waals surface area contributed by atoms with Gasteiger partial charge in [-0.1, -0.05) is 18.0 Å². The fourth-order valence-corrected chi connectivity index (χ4v) is 2.34. The second kappa shape index (κ2) is 5.55. The Hall–Kier alpha value is -0.730. The van der Waals surface area contributed by atoms with Crippen molar-refractivity contribution in [1.82, 2.24) is 5.32 Å². The molecule has 1 aromatic rings. The standard InChI is InChI=1S/C13H19ClN2/c1-16(10-12-4-2-3-9-15-12)13-7-5-11(14)6-8-13/h5-8,12,15H,2-4,9-10H2,1H3. The van der Waals surface area contributed by atoms with Gasteiger partial charge in [-0.25, -0.2) is 0 Å². The molecule has 0 radical (unpaired) electrons. The molecule has 0 aromatic heterocycles. The van der Waals surface area contributed by atoms with Gasteiger partial charge >= 0.3 is 0 Å². The summed E-state index contributed by atoms with van der Waals surface area (Å²) >= 11 is 5.88. The van der Waals surface area contributed by atoms with Crippen LogP contribution in [0.4, 0.5) is 5.69 Å². The summed E-state index contributed by atoms with van der Waals surface area (Å²) < 4.78 is 0. The lowest BCUT2D eigenvalue weighted by atomic mass is 10.0. The SMILES string of the molecule is CN(CC1CCCCN1)c1ccc(Cl)cc1. The van der Waals surface area contributed by atoms with Gasteiger partial charge in [-0.2, -0.15) is 0 Å². The summed E-state index contributed by atoms with van der Waals surface area (Å²) in [6.07, 6.45) is 3.96. The van der Waals surface area contributed by atoms with E-state index in [0.29, 0.717) is 6.04 Å². The molecule has 0 spiro atoms. The Bertz CT molecular complexity index is 317. The fourth-order valence-electron chi connectivity index (χ4n) is 2.21. The number of halogens is 1. The highest BCUT2D eigenvalue weighted by molar-refractivity contribution is 6.30. The molecule has 0 saturated carbocycles. The Kier molecular flexibility index (Phi) is 4.08. The maximum absolute atomic E-state index is 5.88. The van der Waals surface area contributed by atoms with E-state index in [1.54, 1.807) is 0 Å². The lowest BCUT2D eigenvalue weighted by Crippen LogP contribution is -2.42. The number of anilines is 1. The largest absolute Gasteiger partial charge is 0.373 e. The zero-order valence-corrected chi connectivity index (χ0v) is 10.5. The van der Waals surface area contributed by atoms with Crippen molar-refractivity contribution < 1.29 is 0 Å². The van der Waals surface area contributed by atoms with Gasteiger partial charge in [0.15, 0.2) is 0 Å². The average molecular weight is 239 g/mol. The predicted molar refractivity (Wildman–Crippen MR) is 70.4 cm³/mol. The molecule has 2 rings (SSSR count). The third kappa shape index (κ3) is 3.13. The lowest BCUT2D eigenvalue weighted by molar-refractivity contribution is 0.403. The highest BCUT2D eigenvalue weighted by Crippen LogP contribution is 2.18. The van der Waals surface area contributed by atoms with E-state index in [1.165, 1.54) is 31.5 Å². The predicted octanol–water partition coefficient (Wildman–Crippen LogP) is 2.92. The first-order valence-electron chi connectivity index (χ1n) is 5.96. The van der Waals surface area contributed by atoms with Crippen molar-refractivity contribution in [3.63, 3.8) is 0 Å². The second-order valence-electron chi connectivity index (χ2n) is 4.50. The summed E-state index contributed by atoms with van der Waals surface area (Å²) in [7, 11) is 2.14. The topological polar surface area (TPSA) is 15.3 Å². The molecule has 2 nitrogen and oxygen atoms in total. The fraction of sp³-hybridized carbons (Fsp3) is 0.538. The number of hydrogen-bond donors (Lipinski definition) is 1. The van der Waals surface area contributed by atoms with Crippen molar-refractivity contribution in [3.05, 3.63) is 29.3 Å². The lowest BCUT2D eigenvalue weighted by Gasteiger charge is -2.29. The Morgan fingerprint density at radius 2 is 2.06 bits per heavy atom. The summed E-state index contributed by atoms with van der Waals surface area (Å²) in [6, 6.07) is 8.68. The molecule has 1 aromatic carbocycles. The van der Waals surface area contributed by atoms with Crippen molar-refractivity contribution >= 4 is 17.3 Å². The number of nitrogens with one attached hydrogen (secondary N) is 1. The molecule has 0 amide bonds. The van der Waals surface area contributed by atoms with Gasteiger partial charge in [-0.05, 0) is 43.7 Å². The molecule has 1 saturated heterocycles. The van der Waals surface area contributed by atoms with E-state index in [4.69, 9.17) is 11.6 Å². The van der Waals surface area contributed by atoms with Crippen molar-refractivity contribution in [2.45, 2.75) is 25.3 Å². The number of piperidine rings is 1. The molecule has 0 aliphatic carbocycles. The molecule has 1 fully saturated rings. The molecule has 1 heterocycles. The average Bonchev–Trinajstić information content (AvgIpc) is 2.31. The summed E-state index contributed by atoms with van der Waals surface area (Å²) in [6.45, 7) is 2.24. The summed E-state index contributed by atoms with van der Waals surface area (Å²) in [5.74, 6) is 0. The molecule has 1 atom stereocenters. The third-order valence-corrected chi connectivity index (χ3v) is 3.43. The van der Waals surface area contributed by atoms with Crippen LogP contribution in [0.15, 0.2) is 24.3 Å². The van der Waals surface area contributed by atoms with Crippen molar-refractivity contribution in [2.24, 2.45) is 0 Å². The zero-order chi connectivity index (χ0) is 11.4. The minimum Gasteiger partial charge on any atom is -0.373 e. The normalized spacial score (nSPS) is 20.8. The Labute approximate surface area is 103 Å². The Morgan fingerprint density at radius 1 is 1.31 bits per heavy atom. The van der Waals surface area contributed by atoms with Crippen LogP contribution in [0, 0.1) is 0 Å². The monoisotopic (exact) mass is 238 g/mol. The van der Waals surface area contributed by atoms with Gasteiger partial charge < -0.3 is 10.2 Å². The van der Waals surface area contributed by atoms with E-state index < -0.39 is 0 Å². The maximum Gasteiger partial charge on any atom is 0.0407 e. The first kappa shape index (κ1) is 11.7. The molecule has 1 aliphatic rings. The van der Waals surface area contributed by atoms with E-state index in [1.807, 2.05) is 12.1 Å². The molecule has 0 bridgehead atoms. The summed E-state index contributed by atoms with van der Waals surface area (Å²) in [5.41, 5.74) is 1.23. The van der Waals surface area contributed by atoms with E-state index in [0.717, 1.165) is 11.6 Å². The number of likely N-dealkylation sites (N-methyl/N-ethyl adjacent to an activating group) is 1. The van der Waals surface area contributed by atoms with Crippen LogP contribution < -0.4 is 10.2 Å².